The fourth-order valence-corrected chi connectivity index (χ4v) is 3.09. The minimum atomic E-state index is -0.398. The van der Waals surface area contributed by atoms with Gasteiger partial charge in [-0.1, -0.05) is 32.4 Å². The first-order chi connectivity index (χ1) is 9.32. The Kier molecular flexibility index (Phi) is 8.45. The molecule has 1 aliphatic rings. The summed E-state index contributed by atoms with van der Waals surface area (Å²) in [7, 11) is 0. The maximum Gasteiger partial charge on any atom is 0.141 e. The van der Waals surface area contributed by atoms with Crippen molar-refractivity contribution in [3.8, 4) is 5.75 Å². The molecule has 0 spiro atoms. The van der Waals surface area contributed by atoms with E-state index in [1.54, 1.807) is 0 Å². The van der Waals surface area contributed by atoms with Gasteiger partial charge in [-0.15, -0.1) is 24.8 Å². The molecule has 22 heavy (non-hydrogen) atoms. The molecule has 1 aromatic carbocycles. The second-order valence-electron chi connectivity index (χ2n) is 6.35. The van der Waals surface area contributed by atoms with Gasteiger partial charge in [0.1, 0.15) is 11.6 Å². The van der Waals surface area contributed by atoms with E-state index in [1.807, 2.05) is 0 Å². The highest BCUT2D eigenvalue weighted by molar-refractivity contribution is 6.32. The first-order valence-electron chi connectivity index (χ1n) is 6.94. The second-order valence-corrected chi connectivity index (χ2v) is 6.75. The number of hydrogen-bond acceptors (Lipinski definition) is 3. The van der Waals surface area contributed by atoms with Crippen molar-refractivity contribution in [2.45, 2.75) is 26.8 Å². The Bertz CT molecular complexity index is 488. The van der Waals surface area contributed by atoms with Crippen LogP contribution >= 0.6 is 36.4 Å². The number of piperazine rings is 1. The average molecular weight is 374 g/mol. The number of phenols is 1. The van der Waals surface area contributed by atoms with Gasteiger partial charge in [0.25, 0.3) is 0 Å². The quantitative estimate of drug-likeness (QED) is 0.822. The van der Waals surface area contributed by atoms with Gasteiger partial charge in [0.15, 0.2) is 0 Å². The van der Waals surface area contributed by atoms with Crippen molar-refractivity contribution in [2.75, 3.05) is 26.2 Å². The smallest absolute Gasteiger partial charge is 0.141 e. The zero-order valence-corrected chi connectivity index (χ0v) is 15.4. The van der Waals surface area contributed by atoms with Crippen molar-refractivity contribution >= 4 is 36.4 Å². The monoisotopic (exact) mass is 372 g/mol. The van der Waals surface area contributed by atoms with Gasteiger partial charge in [-0.25, -0.2) is 4.39 Å². The van der Waals surface area contributed by atoms with Crippen LogP contribution in [0.2, 0.25) is 5.02 Å². The molecule has 0 aliphatic carbocycles. The molecule has 0 aromatic heterocycles. The molecule has 2 N–H and O–H groups in total. The van der Waals surface area contributed by atoms with Crippen molar-refractivity contribution in [3.63, 3.8) is 0 Å². The fourth-order valence-electron chi connectivity index (χ4n) is 2.92. The molecule has 0 saturated carbocycles. The van der Waals surface area contributed by atoms with Crippen LogP contribution in [0.1, 0.15) is 32.4 Å². The maximum absolute atomic E-state index is 14.3. The normalized spacial score (nSPS) is 17.3. The summed E-state index contributed by atoms with van der Waals surface area (Å²) in [6.45, 7) is 9.56. The minimum absolute atomic E-state index is 0. The highest BCUT2D eigenvalue weighted by Crippen LogP contribution is 2.44. The first kappa shape index (κ1) is 21.7. The predicted octanol–water partition coefficient (Wildman–Crippen LogP) is 4.02. The molecule has 1 heterocycles. The average Bonchev–Trinajstić information content (AvgIpc) is 2.39. The molecule has 3 nitrogen and oxygen atoms in total. The lowest BCUT2D eigenvalue weighted by Crippen LogP contribution is -2.48. The van der Waals surface area contributed by atoms with E-state index >= 15 is 0 Å². The number of halogens is 4. The summed E-state index contributed by atoms with van der Waals surface area (Å²) in [4.78, 5) is 2.21. The van der Waals surface area contributed by atoms with E-state index in [9.17, 15) is 9.50 Å². The third-order valence-electron chi connectivity index (χ3n) is 3.73. The van der Waals surface area contributed by atoms with Crippen LogP contribution in [-0.4, -0.2) is 36.2 Å². The van der Waals surface area contributed by atoms with E-state index in [2.05, 4.69) is 31.0 Å². The third kappa shape index (κ3) is 4.62. The lowest BCUT2D eigenvalue weighted by atomic mass is 9.80. The predicted molar refractivity (Wildman–Crippen MR) is 94.2 cm³/mol. The summed E-state index contributed by atoms with van der Waals surface area (Å²) in [5, 5.41) is 13.7. The van der Waals surface area contributed by atoms with Crippen LogP contribution in [0, 0.1) is 11.2 Å². The number of phenolic OH excluding ortho intramolecular Hbond substituents is 1. The van der Waals surface area contributed by atoms with Crippen molar-refractivity contribution in [1.29, 1.82) is 0 Å². The van der Waals surface area contributed by atoms with Crippen molar-refractivity contribution < 1.29 is 9.50 Å². The van der Waals surface area contributed by atoms with Crippen LogP contribution in [-0.2, 0) is 0 Å². The van der Waals surface area contributed by atoms with E-state index in [0.29, 0.717) is 5.56 Å². The number of benzene rings is 1. The van der Waals surface area contributed by atoms with E-state index in [-0.39, 0.29) is 47.0 Å². The molecule has 1 fully saturated rings. The Morgan fingerprint density at radius 3 is 2.27 bits per heavy atom. The summed E-state index contributed by atoms with van der Waals surface area (Å²) in [6.07, 6.45) is 0. The summed E-state index contributed by atoms with van der Waals surface area (Å²) >= 11 is 5.97. The molecule has 1 aliphatic heterocycles. The number of rotatable bonds is 2. The van der Waals surface area contributed by atoms with Crippen molar-refractivity contribution in [2.24, 2.45) is 5.41 Å². The van der Waals surface area contributed by atoms with Gasteiger partial charge in [0.05, 0.1) is 5.02 Å². The maximum atomic E-state index is 14.3. The molecule has 1 atom stereocenters. The molecule has 7 heteroatoms. The van der Waals surface area contributed by atoms with E-state index in [4.69, 9.17) is 11.6 Å². The molecule has 0 unspecified atom stereocenters. The number of aromatic hydroxyl groups is 1. The Morgan fingerprint density at radius 1 is 1.23 bits per heavy atom. The molecule has 1 aromatic rings. The van der Waals surface area contributed by atoms with Gasteiger partial charge in [-0.3, -0.25) is 4.90 Å². The van der Waals surface area contributed by atoms with Crippen LogP contribution in [0.3, 0.4) is 0 Å². The van der Waals surface area contributed by atoms with E-state index in [1.165, 1.54) is 12.1 Å². The Hall–Kier alpha value is -0.260. The molecular formula is C15H24Cl3FN2O. The summed E-state index contributed by atoms with van der Waals surface area (Å²) in [5.74, 6) is -0.532. The summed E-state index contributed by atoms with van der Waals surface area (Å²) in [5.41, 5.74) is 0.104. The van der Waals surface area contributed by atoms with Gasteiger partial charge < -0.3 is 10.4 Å². The Morgan fingerprint density at radius 2 is 1.77 bits per heavy atom. The number of nitrogens with one attached hydrogen (secondary N) is 1. The molecule has 1 saturated heterocycles. The van der Waals surface area contributed by atoms with Gasteiger partial charge in [-0.2, -0.15) is 0 Å². The highest BCUT2D eigenvalue weighted by Gasteiger charge is 2.36. The third-order valence-corrected chi connectivity index (χ3v) is 4.03. The van der Waals surface area contributed by atoms with Crippen molar-refractivity contribution in [1.82, 2.24) is 10.2 Å². The van der Waals surface area contributed by atoms with Crippen LogP contribution < -0.4 is 5.32 Å². The SMILES string of the molecule is CC(C)(C)[C@@H](c1c(F)ccc(Cl)c1O)N1CCNCC1.Cl.Cl. The zero-order chi connectivity index (χ0) is 14.9. The zero-order valence-electron chi connectivity index (χ0n) is 13.0. The van der Waals surface area contributed by atoms with Gasteiger partial charge >= 0.3 is 0 Å². The van der Waals surface area contributed by atoms with Gasteiger partial charge in [-0.05, 0) is 17.5 Å². The molecule has 0 radical (unpaired) electrons. The lowest BCUT2D eigenvalue weighted by molar-refractivity contribution is 0.0813. The van der Waals surface area contributed by atoms with E-state index < -0.39 is 5.82 Å². The Balaban J connectivity index is 0.00000220. The summed E-state index contributed by atoms with van der Waals surface area (Å²) in [6, 6.07) is 2.52. The molecule has 2 rings (SSSR count). The lowest BCUT2D eigenvalue weighted by Gasteiger charge is -2.42. The van der Waals surface area contributed by atoms with Crippen LogP contribution in [0.15, 0.2) is 12.1 Å². The summed E-state index contributed by atoms with van der Waals surface area (Å²) < 4.78 is 14.3. The fraction of sp³-hybridized carbons (Fsp3) is 0.600. The van der Waals surface area contributed by atoms with Crippen LogP contribution in [0.5, 0.6) is 5.75 Å². The molecule has 0 amide bonds. The topological polar surface area (TPSA) is 35.5 Å². The standard InChI is InChI=1S/C15H22ClFN2O.2ClH/c1-15(2,3)14(19-8-6-18-7-9-19)12-11(17)5-4-10(16)13(12)20;;/h4-5,14,18,20H,6-9H2,1-3H3;2*1H/t14-;;/m1../s1. The highest BCUT2D eigenvalue weighted by atomic mass is 35.5. The van der Waals surface area contributed by atoms with Crippen LogP contribution in [0.4, 0.5) is 4.39 Å². The number of hydrogen-bond donors (Lipinski definition) is 2. The molecule has 0 bridgehead atoms. The van der Waals surface area contributed by atoms with Crippen LogP contribution in [0.25, 0.3) is 0 Å². The minimum Gasteiger partial charge on any atom is -0.506 e. The second kappa shape index (κ2) is 8.55. The Labute approximate surface area is 149 Å². The first-order valence-corrected chi connectivity index (χ1v) is 7.32. The number of nitrogens with zero attached hydrogens (tertiary/aromatic N) is 1. The largest absolute Gasteiger partial charge is 0.506 e. The van der Waals surface area contributed by atoms with Gasteiger partial charge in [0.2, 0.25) is 0 Å². The van der Waals surface area contributed by atoms with Gasteiger partial charge in [0, 0.05) is 37.8 Å². The van der Waals surface area contributed by atoms with E-state index in [0.717, 1.165) is 26.2 Å². The molecular weight excluding hydrogens is 350 g/mol. The molecule has 128 valence electrons. The van der Waals surface area contributed by atoms with Crippen molar-refractivity contribution in [3.05, 3.63) is 28.5 Å².